The lowest BCUT2D eigenvalue weighted by molar-refractivity contribution is -0.137. The van der Waals surface area contributed by atoms with E-state index in [1.54, 1.807) is 22.4 Å². The molecule has 2 aliphatic rings. The fourth-order valence-electron chi connectivity index (χ4n) is 3.12. The Hall–Kier alpha value is -1.51. The Kier molecular flexibility index (Phi) is 5.24. The van der Waals surface area contributed by atoms with Gasteiger partial charge in [0.05, 0.1) is 19.1 Å². The molecule has 0 aromatic carbocycles. The van der Waals surface area contributed by atoms with Crippen LogP contribution in [-0.2, 0) is 14.3 Å². The zero-order valence-corrected chi connectivity index (χ0v) is 13.8. The average Bonchev–Trinajstić information content (AvgIpc) is 3.10. The molecule has 7 nitrogen and oxygen atoms in total. The van der Waals surface area contributed by atoms with Gasteiger partial charge in [-0.25, -0.2) is 4.98 Å². The molecular weight excluding hydrogens is 316 g/mol. The summed E-state index contributed by atoms with van der Waals surface area (Å²) >= 11 is 1.57. The largest absolute Gasteiger partial charge is 0.369 e. The molecule has 23 heavy (non-hydrogen) atoms. The Morgan fingerprint density at radius 3 is 3.00 bits per heavy atom. The van der Waals surface area contributed by atoms with Crippen molar-refractivity contribution in [2.75, 3.05) is 39.3 Å². The SMILES string of the molecule is NC(=O)[C@@H]1CCCN(C(=O)CN2CCO[C@@H](c3nccs3)C2)C1. The maximum Gasteiger partial charge on any atom is 0.236 e. The maximum atomic E-state index is 12.5. The number of likely N-dealkylation sites (tertiary alicyclic amines) is 1. The second-order valence-corrected chi connectivity index (χ2v) is 6.97. The molecule has 2 fully saturated rings. The zero-order valence-electron chi connectivity index (χ0n) is 13.0. The van der Waals surface area contributed by atoms with Gasteiger partial charge in [0, 0.05) is 37.8 Å². The van der Waals surface area contributed by atoms with Crippen LogP contribution >= 0.6 is 11.3 Å². The topological polar surface area (TPSA) is 88.8 Å². The average molecular weight is 338 g/mol. The van der Waals surface area contributed by atoms with Gasteiger partial charge in [0.1, 0.15) is 11.1 Å². The van der Waals surface area contributed by atoms with Crippen molar-refractivity contribution in [2.45, 2.75) is 18.9 Å². The van der Waals surface area contributed by atoms with E-state index < -0.39 is 0 Å². The number of carbonyl (C=O) groups is 2. The van der Waals surface area contributed by atoms with E-state index in [2.05, 4.69) is 9.88 Å². The molecule has 0 bridgehead atoms. The summed E-state index contributed by atoms with van der Waals surface area (Å²) in [6.45, 7) is 3.53. The predicted octanol–water partition coefficient (Wildman–Crippen LogP) is 0.240. The van der Waals surface area contributed by atoms with Crippen molar-refractivity contribution in [1.29, 1.82) is 0 Å². The Bertz CT molecular complexity index is 551. The number of amides is 2. The minimum absolute atomic E-state index is 0.0590. The number of thiazole rings is 1. The van der Waals surface area contributed by atoms with Crippen LogP contribution in [0.25, 0.3) is 0 Å². The normalized spacial score (nSPS) is 26.2. The summed E-state index contributed by atoms with van der Waals surface area (Å²) in [5.41, 5.74) is 5.38. The van der Waals surface area contributed by atoms with Crippen molar-refractivity contribution in [3.8, 4) is 0 Å². The zero-order chi connectivity index (χ0) is 16.2. The molecule has 0 unspecified atom stereocenters. The lowest BCUT2D eigenvalue weighted by Crippen LogP contribution is -2.49. The lowest BCUT2D eigenvalue weighted by atomic mass is 9.97. The molecule has 2 saturated heterocycles. The molecule has 0 spiro atoms. The van der Waals surface area contributed by atoms with Gasteiger partial charge in [0.2, 0.25) is 11.8 Å². The number of nitrogens with two attached hydrogens (primary N) is 1. The van der Waals surface area contributed by atoms with Gasteiger partial charge >= 0.3 is 0 Å². The fraction of sp³-hybridized carbons (Fsp3) is 0.667. The van der Waals surface area contributed by atoms with Crippen molar-refractivity contribution in [2.24, 2.45) is 11.7 Å². The van der Waals surface area contributed by atoms with Gasteiger partial charge in [-0.05, 0) is 12.8 Å². The van der Waals surface area contributed by atoms with Gasteiger partial charge in [-0.3, -0.25) is 14.5 Å². The second-order valence-electron chi connectivity index (χ2n) is 6.05. The Labute approximate surface area is 139 Å². The van der Waals surface area contributed by atoms with Gasteiger partial charge in [0.25, 0.3) is 0 Å². The number of hydrogen-bond acceptors (Lipinski definition) is 6. The highest BCUT2D eigenvalue weighted by atomic mass is 32.1. The van der Waals surface area contributed by atoms with Crippen molar-refractivity contribution in [1.82, 2.24) is 14.8 Å². The lowest BCUT2D eigenvalue weighted by Gasteiger charge is -2.35. The third kappa shape index (κ3) is 4.07. The van der Waals surface area contributed by atoms with E-state index in [-0.39, 0.29) is 23.8 Å². The summed E-state index contributed by atoms with van der Waals surface area (Å²) in [7, 11) is 0. The minimum atomic E-state index is -0.308. The van der Waals surface area contributed by atoms with Gasteiger partial charge < -0.3 is 15.4 Å². The Morgan fingerprint density at radius 2 is 2.26 bits per heavy atom. The molecule has 1 aromatic heterocycles. The van der Waals surface area contributed by atoms with Crippen LogP contribution in [0.15, 0.2) is 11.6 Å². The van der Waals surface area contributed by atoms with E-state index in [0.29, 0.717) is 32.8 Å². The van der Waals surface area contributed by atoms with Crippen LogP contribution in [0.4, 0.5) is 0 Å². The Balaban J connectivity index is 1.54. The van der Waals surface area contributed by atoms with Crippen LogP contribution in [0.2, 0.25) is 0 Å². The van der Waals surface area contributed by atoms with Crippen LogP contribution < -0.4 is 5.73 Å². The van der Waals surface area contributed by atoms with Crippen LogP contribution in [0.5, 0.6) is 0 Å². The number of piperidine rings is 1. The molecule has 0 radical (unpaired) electrons. The number of ether oxygens (including phenoxy) is 1. The van der Waals surface area contributed by atoms with E-state index in [1.807, 2.05) is 5.38 Å². The molecule has 2 aliphatic heterocycles. The highest BCUT2D eigenvalue weighted by molar-refractivity contribution is 7.09. The molecule has 1 aromatic rings. The van der Waals surface area contributed by atoms with Gasteiger partial charge in [-0.2, -0.15) is 0 Å². The molecule has 3 heterocycles. The number of carbonyl (C=O) groups excluding carboxylic acids is 2. The molecule has 2 atom stereocenters. The Morgan fingerprint density at radius 1 is 1.39 bits per heavy atom. The standard InChI is InChI=1S/C15H22N4O3S/c16-14(21)11-2-1-4-19(8-11)13(20)10-18-5-6-22-12(9-18)15-17-3-7-23-15/h3,7,11-12H,1-2,4-6,8-10H2,(H2,16,21)/t11-,12-/m1/s1. The molecular formula is C15H22N4O3S. The smallest absolute Gasteiger partial charge is 0.236 e. The van der Waals surface area contributed by atoms with E-state index in [9.17, 15) is 9.59 Å². The summed E-state index contributed by atoms with van der Waals surface area (Å²) in [6, 6.07) is 0. The van der Waals surface area contributed by atoms with Crippen molar-refractivity contribution in [3.63, 3.8) is 0 Å². The van der Waals surface area contributed by atoms with E-state index in [1.165, 1.54) is 0 Å². The third-order valence-electron chi connectivity index (χ3n) is 4.41. The van der Waals surface area contributed by atoms with Crippen LogP contribution in [-0.4, -0.2) is 65.9 Å². The highest BCUT2D eigenvalue weighted by Gasteiger charge is 2.30. The maximum absolute atomic E-state index is 12.5. The first-order valence-electron chi connectivity index (χ1n) is 7.94. The molecule has 126 valence electrons. The highest BCUT2D eigenvalue weighted by Crippen LogP contribution is 2.24. The van der Waals surface area contributed by atoms with Gasteiger partial charge in [-0.15, -0.1) is 11.3 Å². The van der Waals surface area contributed by atoms with Crippen LogP contribution in [0, 0.1) is 5.92 Å². The van der Waals surface area contributed by atoms with E-state index in [0.717, 1.165) is 24.4 Å². The number of nitrogens with zero attached hydrogens (tertiary/aromatic N) is 3. The number of aromatic nitrogens is 1. The summed E-state index contributed by atoms with van der Waals surface area (Å²) < 4.78 is 5.75. The first kappa shape index (κ1) is 16.4. The van der Waals surface area contributed by atoms with E-state index >= 15 is 0 Å². The van der Waals surface area contributed by atoms with Crippen molar-refractivity contribution in [3.05, 3.63) is 16.6 Å². The molecule has 0 aliphatic carbocycles. The molecule has 8 heteroatoms. The summed E-state index contributed by atoms with van der Waals surface area (Å²) in [4.78, 5) is 32.0. The van der Waals surface area contributed by atoms with Crippen molar-refractivity contribution >= 4 is 23.2 Å². The third-order valence-corrected chi connectivity index (χ3v) is 5.28. The molecule has 2 N–H and O–H groups in total. The fourth-order valence-corrected chi connectivity index (χ4v) is 3.79. The van der Waals surface area contributed by atoms with Gasteiger partial charge in [0.15, 0.2) is 0 Å². The van der Waals surface area contributed by atoms with Crippen LogP contribution in [0.3, 0.4) is 0 Å². The van der Waals surface area contributed by atoms with Gasteiger partial charge in [-0.1, -0.05) is 0 Å². The summed E-state index contributed by atoms with van der Waals surface area (Å²) in [5.74, 6) is -0.450. The van der Waals surface area contributed by atoms with Crippen LogP contribution in [0.1, 0.15) is 24.0 Å². The molecule has 2 amide bonds. The molecule has 3 rings (SSSR count). The minimum Gasteiger partial charge on any atom is -0.369 e. The second kappa shape index (κ2) is 7.37. The predicted molar refractivity (Wildman–Crippen MR) is 85.7 cm³/mol. The monoisotopic (exact) mass is 338 g/mol. The number of rotatable bonds is 4. The quantitative estimate of drug-likeness (QED) is 0.849. The number of primary amides is 1. The molecule has 0 saturated carbocycles. The number of morpholine rings is 1. The first-order chi connectivity index (χ1) is 11.1. The summed E-state index contributed by atoms with van der Waals surface area (Å²) in [5, 5.41) is 2.88. The summed E-state index contributed by atoms with van der Waals surface area (Å²) in [6.07, 6.45) is 3.33. The first-order valence-corrected chi connectivity index (χ1v) is 8.82. The van der Waals surface area contributed by atoms with Crippen molar-refractivity contribution < 1.29 is 14.3 Å². The van der Waals surface area contributed by atoms with E-state index in [4.69, 9.17) is 10.5 Å². The number of hydrogen-bond donors (Lipinski definition) is 1.